The predicted molar refractivity (Wildman–Crippen MR) is 74.6 cm³/mol. The number of nitrogens with one attached hydrogen (secondary N) is 1. The zero-order chi connectivity index (χ0) is 12.5. The number of nitrogens with zero attached hydrogens (tertiary/aromatic N) is 1. The van der Waals surface area contributed by atoms with Gasteiger partial charge >= 0.3 is 0 Å². The van der Waals surface area contributed by atoms with Gasteiger partial charge in [-0.3, -0.25) is 0 Å². The van der Waals surface area contributed by atoms with E-state index in [9.17, 15) is 0 Å². The molecule has 1 aliphatic heterocycles. The second kappa shape index (κ2) is 4.82. The van der Waals surface area contributed by atoms with Crippen LogP contribution in [0.15, 0.2) is 18.3 Å². The Morgan fingerprint density at radius 1 is 1.39 bits per heavy atom. The summed E-state index contributed by atoms with van der Waals surface area (Å²) in [5.74, 6) is 1.62. The third-order valence-corrected chi connectivity index (χ3v) is 3.84. The van der Waals surface area contributed by atoms with Crippen LogP contribution < -0.4 is 11.1 Å². The van der Waals surface area contributed by atoms with E-state index in [1.54, 1.807) is 6.20 Å². The summed E-state index contributed by atoms with van der Waals surface area (Å²) < 4.78 is 5.79. The van der Waals surface area contributed by atoms with Gasteiger partial charge in [-0.15, -0.1) is 0 Å². The van der Waals surface area contributed by atoms with E-state index in [-0.39, 0.29) is 0 Å². The second-order valence-corrected chi connectivity index (χ2v) is 5.45. The molecule has 1 aromatic rings. The maximum atomic E-state index is 5.79. The van der Waals surface area contributed by atoms with Gasteiger partial charge in [0.05, 0.1) is 12.1 Å². The normalized spacial score (nSPS) is 27.1. The molecule has 1 aromatic heterocycles. The molecule has 5 heteroatoms. The minimum Gasteiger partial charge on any atom is -0.389 e. The number of anilines is 1. The molecule has 2 atom stereocenters. The predicted octanol–water partition coefficient (Wildman–Crippen LogP) is 1.70. The van der Waals surface area contributed by atoms with Crippen LogP contribution in [0.1, 0.15) is 24.8 Å². The van der Waals surface area contributed by atoms with E-state index in [0.29, 0.717) is 17.1 Å². The average molecular weight is 263 g/mol. The third-order valence-electron chi connectivity index (χ3n) is 3.60. The minimum absolute atomic E-state index is 0.363. The Hall–Kier alpha value is -1.20. The minimum atomic E-state index is 0.363. The number of thiocarbonyl (C=S) groups is 1. The van der Waals surface area contributed by atoms with E-state index < -0.39 is 0 Å². The Balaban J connectivity index is 1.66. The summed E-state index contributed by atoms with van der Waals surface area (Å²) >= 11 is 4.91. The van der Waals surface area contributed by atoms with Gasteiger partial charge in [0.15, 0.2) is 0 Å². The quantitative estimate of drug-likeness (QED) is 0.810. The van der Waals surface area contributed by atoms with Crippen molar-refractivity contribution in [3.05, 3.63) is 23.9 Å². The fourth-order valence-corrected chi connectivity index (χ4v) is 2.59. The highest BCUT2D eigenvalue weighted by molar-refractivity contribution is 7.80. The molecule has 4 nitrogen and oxygen atoms in total. The summed E-state index contributed by atoms with van der Waals surface area (Å²) in [6.45, 7) is 0.851. The van der Waals surface area contributed by atoms with Gasteiger partial charge in [-0.2, -0.15) is 0 Å². The Bertz CT molecular complexity index is 444. The second-order valence-electron chi connectivity index (χ2n) is 5.01. The number of aromatic nitrogens is 1. The van der Waals surface area contributed by atoms with Gasteiger partial charge in [0, 0.05) is 18.4 Å². The van der Waals surface area contributed by atoms with E-state index in [4.69, 9.17) is 22.7 Å². The van der Waals surface area contributed by atoms with Crippen LogP contribution in [-0.4, -0.2) is 28.7 Å². The lowest BCUT2D eigenvalue weighted by Crippen LogP contribution is -2.31. The van der Waals surface area contributed by atoms with Gasteiger partial charge in [-0.25, -0.2) is 4.98 Å². The lowest BCUT2D eigenvalue weighted by Gasteiger charge is -2.20. The molecule has 1 aliphatic carbocycles. The largest absolute Gasteiger partial charge is 0.389 e. The van der Waals surface area contributed by atoms with Crippen LogP contribution in [0.25, 0.3) is 0 Å². The van der Waals surface area contributed by atoms with Crippen LogP contribution in [0.2, 0.25) is 0 Å². The van der Waals surface area contributed by atoms with Crippen molar-refractivity contribution >= 4 is 23.0 Å². The highest BCUT2D eigenvalue weighted by atomic mass is 32.1. The fourth-order valence-electron chi connectivity index (χ4n) is 2.47. The molecular formula is C13H17N3OS. The standard InChI is InChI=1S/C13H17N3OS/c14-13(18)9-3-4-11(15-7-9)16-10-5-6-17-12(10)8-1-2-8/h3-4,7-8,10,12H,1-2,5-6H2,(H2,14,18)(H,15,16). The van der Waals surface area contributed by atoms with Crippen molar-refractivity contribution in [2.45, 2.75) is 31.4 Å². The smallest absolute Gasteiger partial charge is 0.126 e. The van der Waals surface area contributed by atoms with E-state index in [1.807, 2.05) is 12.1 Å². The number of rotatable bonds is 4. The Labute approximate surface area is 112 Å². The molecule has 0 aromatic carbocycles. The lowest BCUT2D eigenvalue weighted by atomic mass is 10.1. The SMILES string of the molecule is NC(=S)c1ccc(NC2CCOC2C2CC2)nc1. The number of ether oxygens (including phenoxy) is 1. The van der Waals surface area contributed by atoms with Gasteiger partial charge in [-0.1, -0.05) is 12.2 Å². The summed E-state index contributed by atoms with van der Waals surface area (Å²) in [6.07, 6.45) is 5.74. The van der Waals surface area contributed by atoms with Gasteiger partial charge in [0.1, 0.15) is 10.8 Å². The van der Waals surface area contributed by atoms with Crippen molar-refractivity contribution in [3.63, 3.8) is 0 Å². The van der Waals surface area contributed by atoms with Crippen molar-refractivity contribution in [3.8, 4) is 0 Å². The Kier molecular flexibility index (Phi) is 3.18. The fraction of sp³-hybridized carbons (Fsp3) is 0.538. The molecule has 2 unspecified atom stereocenters. The maximum absolute atomic E-state index is 5.79. The van der Waals surface area contributed by atoms with E-state index in [1.165, 1.54) is 12.8 Å². The number of nitrogens with two attached hydrogens (primary N) is 1. The van der Waals surface area contributed by atoms with Crippen LogP contribution in [0.4, 0.5) is 5.82 Å². The zero-order valence-electron chi connectivity index (χ0n) is 10.1. The molecular weight excluding hydrogens is 246 g/mol. The molecule has 2 aliphatic rings. The molecule has 1 saturated heterocycles. The molecule has 2 fully saturated rings. The van der Waals surface area contributed by atoms with Gasteiger partial charge in [0.25, 0.3) is 0 Å². The summed E-state index contributed by atoms with van der Waals surface area (Å²) in [5.41, 5.74) is 6.35. The van der Waals surface area contributed by atoms with Gasteiger partial charge < -0.3 is 15.8 Å². The lowest BCUT2D eigenvalue weighted by molar-refractivity contribution is 0.0898. The van der Waals surface area contributed by atoms with Crippen molar-refractivity contribution in [1.29, 1.82) is 0 Å². The summed E-state index contributed by atoms with van der Waals surface area (Å²) in [4.78, 5) is 4.73. The van der Waals surface area contributed by atoms with Crippen molar-refractivity contribution < 1.29 is 4.74 Å². The molecule has 3 rings (SSSR count). The maximum Gasteiger partial charge on any atom is 0.126 e. The summed E-state index contributed by atoms with van der Waals surface area (Å²) in [6, 6.07) is 4.22. The summed E-state index contributed by atoms with van der Waals surface area (Å²) in [5, 5.41) is 3.46. The van der Waals surface area contributed by atoms with Crippen LogP contribution in [-0.2, 0) is 4.74 Å². The Morgan fingerprint density at radius 2 is 2.22 bits per heavy atom. The van der Waals surface area contributed by atoms with E-state index in [0.717, 1.165) is 30.3 Å². The van der Waals surface area contributed by atoms with Gasteiger partial charge in [-0.05, 0) is 37.3 Å². The van der Waals surface area contributed by atoms with Crippen LogP contribution in [0.5, 0.6) is 0 Å². The third kappa shape index (κ3) is 2.47. The molecule has 0 bridgehead atoms. The first kappa shape index (κ1) is 11.9. The highest BCUT2D eigenvalue weighted by Crippen LogP contribution is 2.39. The number of hydrogen-bond donors (Lipinski definition) is 2. The molecule has 96 valence electrons. The summed E-state index contributed by atoms with van der Waals surface area (Å²) in [7, 11) is 0. The molecule has 3 N–H and O–H groups in total. The first-order chi connectivity index (χ1) is 8.74. The molecule has 1 saturated carbocycles. The average Bonchev–Trinajstić information content (AvgIpc) is 3.11. The highest BCUT2D eigenvalue weighted by Gasteiger charge is 2.40. The monoisotopic (exact) mass is 263 g/mol. The van der Waals surface area contributed by atoms with Crippen LogP contribution in [0, 0.1) is 5.92 Å². The number of hydrogen-bond acceptors (Lipinski definition) is 4. The number of pyridine rings is 1. The topological polar surface area (TPSA) is 60.2 Å². The zero-order valence-corrected chi connectivity index (χ0v) is 11.0. The molecule has 0 amide bonds. The molecule has 0 radical (unpaired) electrons. The van der Waals surface area contributed by atoms with Crippen LogP contribution in [0.3, 0.4) is 0 Å². The molecule has 2 heterocycles. The first-order valence-corrected chi connectivity index (χ1v) is 6.79. The van der Waals surface area contributed by atoms with E-state index in [2.05, 4.69) is 10.3 Å². The molecule has 18 heavy (non-hydrogen) atoms. The Morgan fingerprint density at radius 3 is 2.83 bits per heavy atom. The molecule has 0 spiro atoms. The van der Waals surface area contributed by atoms with Crippen LogP contribution >= 0.6 is 12.2 Å². The van der Waals surface area contributed by atoms with Crippen molar-refractivity contribution in [2.75, 3.05) is 11.9 Å². The van der Waals surface area contributed by atoms with Gasteiger partial charge in [0.2, 0.25) is 0 Å². The van der Waals surface area contributed by atoms with Crippen molar-refractivity contribution in [2.24, 2.45) is 11.7 Å². The van der Waals surface area contributed by atoms with E-state index >= 15 is 0 Å². The van der Waals surface area contributed by atoms with Crippen molar-refractivity contribution in [1.82, 2.24) is 4.98 Å². The first-order valence-electron chi connectivity index (χ1n) is 6.38.